The third-order valence-electron chi connectivity index (χ3n) is 4.63. The van der Waals surface area contributed by atoms with E-state index in [-0.39, 0.29) is 30.6 Å². The lowest BCUT2D eigenvalue weighted by molar-refractivity contribution is -0.125. The third kappa shape index (κ3) is 3.54. The number of para-hydroxylation sites is 1. The number of rotatable bonds is 6. The maximum Gasteiger partial charge on any atom is 0.258 e. The number of aromatic nitrogens is 2. The van der Waals surface area contributed by atoms with E-state index in [1.54, 1.807) is 11.3 Å². The van der Waals surface area contributed by atoms with Crippen LogP contribution in [0.25, 0.3) is 10.9 Å². The minimum atomic E-state index is -0.261. The molecule has 7 heteroatoms. The number of thiophene rings is 1. The fraction of sp³-hybridized carbons (Fsp3) is 0.316. The summed E-state index contributed by atoms with van der Waals surface area (Å²) in [4.78, 5) is 21.9. The summed E-state index contributed by atoms with van der Waals surface area (Å²) in [6.07, 6.45) is 2.59. The van der Waals surface area contributed by atoms with Gasteiger partial charge in [0.25, 0.3) is 5.91 Å². The number of carbonyl (C=O) groups excluding carboxylic acids is 1. The third-order valence-corrected chi connectivity index (χ3v) is 5.59. The first kappa shape index (κ1) is 16.9. The predicted molar refractivity (Wildman–Crippen MR) is 99.0 cm³/mol. The highest BCUT2D eigenvalue weighted by molar-refractivity contribution is 7.10. The Morgan fingerprint density at radius 2 is 2.12 bits per heavy atom. The van der Waals surface area contributed by atoms with Crippen LogP contribution in [0.2, 0.25) is 0 Å². The van der Waals surface area contributed by atoms with Crippen LogP contribution in [0.1, 0.15) is 23.8 Å². The molecule has 1 aliphatic carbocycles. The lowest BCUT2D eigenvalue weighted by atomic mass is 9.77. The van der Waals surface area contributed by atoms with Crippen molar-refractivity contribution in [3.05, 3.63) is 53.0 Å². The van der Waals surface area contributed by atoms with Crippen molar-refractivity contribution in [2.45, 2.75) is 25.0 Å². The number of benzene rings is 1. The molecule has 1 saturated carbocycles. The lowest BCUT2D eigenvalue weighted by Gasteiger charge is -2.37. The highest BCUT2D eigenvalue weighted by atomic mass is 32.1. The van der Waals surface area contributed by atoms with Crippen LogP contribution in [0.15, 0.2) is 48.1 Å². The topological polar surface area (TPSA) is 84.3 Å². The van der Waals surface area contributed by atoms with Crippen LogP contribution in [0, 0.1) is 5.92 Å². The number of aliphatic hydroxyl groups excluding tert-OH is 1. The van der Waals surface area contributed by atoms with Crippen molar-refractivity contribution >= 4 is 28.1 Å². The highest BCUT2D eigenvalue weighted by Gasteiger charge is 2.36. The van der Waals surface area contributed by atoms with Crippen molar-refractivity contribution in [1.29, 1.82) is 0 Å². The molecule has 0 unspecified atom stereocenters. The summed E-state index contributed by atoms with van der Waals surface area (Å²) in [5, 5.41) is 15.4. The van der Waals surface area contributed by atoms with Gasteiger partial charge in [0.1, 0.15) is 6.33 Å². The Labute approximate surface area is 154 Å². The molecule has 134 valence electrons. The average Bonchev–Trinajstić information content (AvgIpc) is 3.16. The number of fused-ring (bicyclic) bond motifs is 1. The van der Waals surface area contributed by atoms with Crippen LogP contribution in [-0.4, -0.2) is 33.7 Å². The van der Waals surface area contributed by atoms with Gasteiger partial charge >= 0.3 is 0 Å². The van der Waals surface area contributed by atoms with Crippen molar-refractivity contribution in [2.75, 3.05) is 6.61 Å². The molecular formula is C19H19N3O3S. The van der Waals surface area contributed by atoms with Crippen molar-refractivity contribution < 1.29 is 14.6 Å². The number of ether oxygens (including phenoxy) is 1. The van der Waals surface area contributed by atoms with Gasteiger partial charge < -0.3 is 15.2 Å². The van der Waals surface area contributed by atoms with E-state index < -0.39 is 0 Å². The zero-order chi connectivity index (χ0) is 17.9. The average molecular weight is 369 g/mol. The Bertz CT molecular complexity index is 889. The zero-order valence-electron chi connectivity index (χ0n) is 14.0. The Balaban J connectivity index is 1.42. The van der Waals surface area contributed by atoms with Crippen molar-refractivity contribution in [3.63, 3.8) is 0 Å². The molecule has 1 atom stereocenters. The predicted octanol–water partition coefficient (Wildman–Crippen LogP) is 2.70. The van der Waals surface area contributed by atoms with E-state index in [1.807, 2.05) is 41.8 Å². The Hall–Kier alpha value is -2.51. The van der Waals surface area contributed by atoms with Gasteiger partial charge in [0.2, 0.25) is 5.88 Å². The molecule has 6 nitrogen and oxygen atoms in total. The number of nitrogens with one attached hydrogen (secondary N) is 1. The fourth-order valence-corrected chi connectivity index (χ4v) is 4.11. The second kappa shape index (κ2) is 7.39. The van der Waals surface area contributed by atoms with Gasteiger partial charge in [-0.2, -0.15) is 0 Å². The number of amides is 1. The van der Waals surface area contributed by atoms with E-state index >= 15 is 0 Å². The largest absolute Gasteiger partial charge is 0.467 e. The van der Waals surface area contributed by atoms with Crippen molar-refractivity contribution in [2.24, 2.45) is 5.92 Å². The molecule has 0 saturated heterocycles. The van der Waals surface area contributed by atoms with E-state index in [9.17, 15) is 9.90 Å². The molecular weight excluding hydrogens is 350 g/mol. The van der Waals surface area contributed by atoms with Gasteiger partial charge in [-0.3, -0.25) is 4.79 Å². The highest BCUT2D eigenvalue weighted by Crippen LogP contribution is 2.39. The lowest BCUT2D eigenvalue weighted by Crippen LogP contribution is -2.42. The SMILES string of the molecule is O=C(COc1ncnc2ccccc12)N[C@@H](c1cccs1)C1CC(O)C1. The van der Waals surface area contributed by atoms with E-state index in [4.69, 9.17) is 4.74 Å². The molecule has 26 heavy (non-hydrogen) atoms. The molecule has 0 radical (unpaired) electrons. The minimum absolute atomic E-state index is 0.0864. The summed E-state index contributed by atoms with van der Waals surface area (Å²) in [6, 6.07) is 11.4. The van der Waals surface area contributed by atoms with Crippen molar-refractivity contribution in [1.82, 2.24) is 15.3 Å². The molecule has 3 aromatic rings. The summed E-state index contributed by atoms with van der Waals surface area (Å²) in [5.41, 5.74) is 0.776. The fourth-order valence-electron chi connectivity index (χ4n) is 3.24. The molecule has 0 spiro atoms. The standard InChI is InChI=1S/C19H19N3O3S/c23-13-8-12(9-13)18(16-6-3-7-26-16)22-17(24)10-25-19-14-4-1-2-5-15(14)20-11-21-19/h1-7,11-13,18,23H,8-10H2,(H,22,24)/t12?,13?,18-/m1/s1. The number of carbonyl (C=O) groups is 1. The first-order chi connectivity index (χ1) is 12.7. The maximum absolute atomic E-state index is 12.4. The van der Waals surface area contributed by atoms with E-state index in [0.717, 1.165) is 15.8 Å². The van der Waals surface area contributed by atoms with Gasteiger partial charge in [0.15, 0.2) is 6.61 Å². The van der Waals surface area contributed by atoms with Crippen molar-refractivity contribution in [3.8, 4) is 5.88 Å². The molecule has 2 N–H and O–H groups in total. The van der Waals surface area contributed by atoms with Gasteiger partial charge in [-0.1, -0.05) is 18.2 Å². The Morgan fingerprint density at radius 1 is 1.27 bits per heavy atom. The zero-order valence-corrected chi connectivity index (χ0v) is 14.9. The summed E-state index contributed by atoms with van der Waals surface area (Å²) in [6.45, 7) is -0.113. The van der Waals surface area contributed by atoms with Crippen LogP contribution in [0.5, 0.6) is 5.88 Å². The first-order valence-corrected chi connectivity index (χ1v) is 9.42. The van der Waals surface area contributed by atoms with Gasteiger partial charge in [-0.15, -0.1) is 11.3 Å². The summed E-state index contributed by atoms with van der Waals surface area (Å²) in [5.74, 6) is 0.456. The van der Waals surface area contributed by atoms with Crippen LogP contribution in [-0.2, 0) is 4.79 Å². The number of aliphatic hydroxyl groups is 1. The van der Waals surface area contributed by atoms with Crippen LogP contribution in [0.3, 0.4) is 0 Å². The summed E-state index contributed by atoms with van der Waals surface area (Å²) >= 11 is 1.61. The second-order valence-electron chi connectivity index (χ2n) is 6.43. The molecule has 0 aliphatic heterocycles. The first-order valence-electron chi connectivity index (χ1n) is 8.54. The van der Waals surface area contributed by atoms with Gasteiger partial charge in [-0.05, 0) is 42.3 Å². The minimum Gasteiger partial charge on any atom is -0.467 e. The maximum atomic E-state index is 12.4. The number of nitrogens with zero attached hydrogens (tertiary/aromatic N) is 2. The Morgan fingerprint density at radius 3 is 2.88 bits per heavy atom. The molecule has 0 bridgehead atoms. The molecule has 1 aliphatic rings. The summed E-state index contributed by atoms with van der Waals surface area (Å²) in [7, 11) is 0. The molecule has 1 aromatic carbocycles. The number of hydrogen-bond acceptors (Lipinski definition) is 6. The van der Waals surface area contributed by atoms with Gasteiger partial charge in [0.05, 0.1) is 23.0 Å². The van der Waals surface area contributed by atoms with E-state index in [0.29, 0.717) is 18.7 Å². The molecule has 1 amide bonds. The van der Waals surface area contributed by atoms with Gasteiger partial charge in [0, 0.05) is 4.88 Å². The molecule has 4 rings (SSSR count). The quantitative estimate of drug-likeness (QED) is 0.698. The van der Waals surface area contributed by atoms with E-state index in [1.165, 1.54) is 6.33 Å². The number of hydrogen-bond donors (Lipinski definition) is 2. The van der Waals surface area contributed by atoms with Crippen LogP contribution in [0.4, 0.5) is 0 Å². The van der Waals surface area contributed by atoms with Crippen LogP contribution >= 0.6 is 11.3 Å². The van der Waals surface area contributed by atoms with Crippen LogP contribution < -0.4 is 10.1 Å². The molecule has 1 fully saturated rings. The Kier molecular flexibility index (Phi) is 4.81. The normalized spacial score (nSPS) is 20.3. The summed E-state index contributed by atoms with van der Waals surface area (Å²) < 4.78 is 5.64. The molecule has 2 heterocycles. The monoisotopic (exact) mass is 369 g/mol. The van der Waals surface area contributed by atoms with Gasteiger partial charge in [-0.25, -0.2) is 9.97 Å². The molecule has 2 aromatic heterocycles. The smallest absolute Gasteiger partial charge is 0.258 e. The second-order valence-corrected chi connectivity index (χ2v) is 7.41. The van der Waals surface area contributed by atoms with E-state index in [2.05, 4.69) is 15.3 Å².